The van der Waals surface area contributed by atoms with Crippen LogP contribution in [0.4, 0.5) is 0 Å². The van der Waals surface area contributed by atoms with E-state index in [1.54, 1.807) is 40.9 Å². The molecule has 0 spiro atoms. The van der Waals surface area contributed by atoms with Gasteiger partial charge >= 0.3 is 5.97 Å². The Morgan fingerprint density at radius 1 is 0.410 bits per heavy atom. The van der Waals surface area contributed by atoms with Crippen LogP contribution in [0.15, 0.2) is 61.3 Å². The standard InChI is InChI=1S/C27H40N2O4.C26H38N2O3.C26H40N2O.C25H38N2O2/c1-4-33-25(31)18-14-28-29(15-18)16-24(30)23-8-7-22-21-6-5-17-13-26(2,32)11-9-19(17)20(21)10-12-27(22,23)3;1-16(29)23-10-13-28(27-23)15-24(30)22-7-6-21-20-5-4-17-14-25(2,31)11-8-18(17)19(20)9-12-26(21,22)3;1-17(16-28-14-11-18(2)27-28)23-7-8-24-22-6-5-19-15-25(3,29)12-9-20(19)21(22)10-13-26(23,24)4;1-16-10-13-26-27(16)15-23(28)22-7-6-21-20-5-4-17-14-24(2,29)11-8-18(17)19(20)9-12-25(21,22)3/h14-15,17,19-23,32H,4-13,16H2,1-3H3;10,13,17-22,31H,4-9,11-12,14-15H2,1-3H3;11,14,19-24,29H,1,5-10,12-13,15-16H2,2-4H3;10,13,17-22,29H,4-9,11-12,14-15H2,1-3H3/t17-,19-,20+,21+,22-,23+,26+,27-;17-,18-,19+,20+,21-,22+,25+,26-;19-,20-,21+,22+,23+,24-,25+,26+;17-,18-,19+,20+,21-,22+,24+,25-/m0000/s1. The van der Waals surface area contributed by atoms with Crippen LogP contribution >= 0.6 is 0 Å². The average molecular weight is 1680 g/mol. The van der Waals surface area contributed by atoms with E-state index in [0.29, 0.717) is 71.0 Å². The number of aliphatic hydroxyl groups is 4. The smallest absolute Gasteiger partial charge is 0.341 e. The lowest BCUT2D eigenvalue weighted by Crippen LogP contribution is -2.51. The summed E-state index contributed by atoms with van der Waals surface area (Å²) in [6.07, 6.45) is 51.4. The molecular formula is C104H156N8O10. The Bertz CT molecular complexity index is 4440. The molecule has 16 saturated carbocycles. The molecule has 32 atom stereocenters. The largest absolute Gasteiger partial charge is 0.462 e. The zero-order valence-corrected chi connectivity index (χ0v) is 77.0. The summed E-state index contributed by atoms with van der Waals surface area (Å²) in [4.78, 5) is 63.5. The molecule has 4 heterocycles. The number of allylic oxidation sites excluding steroid dienone is 1. The van der Waals surface area contributed by atoms with Crippen molar-refractivity contribution >= 4 is 29.1 Å². The van der Waals surface area contributed by atoms with Crippen LogP contribution in [0.2, 0.25) is 0 Å². The fourth-order valence-corrected chi connectivity index (χ4v) is 34.2. The molecule has 0 amide bonds. The van der Waals surface area contributed by atoms with Crippen molar-refractivity contribution in [3.05, 3.63) is 84.0 Å². The first kappa shape index (κ1) is 88.6. The summed E-state index contributed by atoms with van der Waals surface area (Å²) in [7, 11) is 0. The molecule has 4 N–H and O–H groups in total. The topological polar surface area (TPSA) is 247 Å². The third-order valence-electron chi connectivity index (χ3n) is 39.8. The second kappa shape index (κ2) is 34.2. The summed E-state index contributed by atoms with van der Waals surface area (Å²) in [5.74, 6) is 17.2. The molecule has 16 aliphatic carbocycles. The molecule has 18 nitrogen and oxygen atoms in total. The summed E-state index contributed by atoms with van der Waals surface area (Å²) < 4.78 is 12.3. The Morgan fingerprint density at radius 3 is 1.13 bits per heavy atom. The quantitative estimate of drug-likeness (QED) is 0.0491. The van der Waals surface area contributed by atoms with Crippen LogP contribution in [-0.4, -0.2) is 118 Å². The van der Waals surface area contributed by atoms with E-state index in [1.807, 2.05) is 38.4 Å². The van der Waals surface area contributed by atoms with Gasteiger partial charge in [-0.2, -0.15) is 20.4 Å². The van der Waals surface area contributed by atoms with Crippen LogP contribution in [0, 0.1) is 178 Å². The molecule has 16 fully saturated rings. The van der Waals surface area contributed by atoms with Crippen molar-refractivity contribution in [1.29, 1.82) is 0 Å². The Morgan fingerprint density at radius 2 is 0.770 bits per heavy atom. The van der Waals surface area contributed by atoms with E-state index >= 15 is 0 Å². The van der Waals surface area contributed by atoms with Gasteiger partial charge in [0.05, 0.1) is 66.1 Å². The number of esters is 1. The second-order valence-corrected chi connectivity index (χ2v) is 46.8. The number of aryl methyl sites for hydroxylation is 2. The van der Waals surface area contributed by atoms with Gasteiger partial charge in [0.25, 0.3) is 0 Å². The van der Waals surface area contributed by atoms with Gasteiger partial charge in [0.15, 0.2) is 23.1 Å². The van der Waals surface area contributed by atoms with Crippen molar-refractivity contribution in [3.8, 4) is 0 Å². The van der Waals surface area contributed by atoms with Crippen molar-refractivity contribution in [1.82, 2.24) is 39.1 Å². The first-order chi connectivity index (χ1) is 57.9. The molecular weight excluding hydrogens is 1520 g/mol. The Hall–Kier alpha value is -5.43. The summed E-state index contributed by atoms with van der Waals surface area (Å²) in [6, 6.07) is 5.79. The zero-order chi connectivity index (χ0) is 86.1. The van der Waals surface area contributed by atoms with Crippen LogP contribution in [-0.2, 0) is 45.3 Å². The average Bonchev–Trinajstić information content (AvgIpc) is 1.55. The Kier molecular flexibility index (Phi) is 24.8. The van der Waals surface area contributed by atoms with Gasteiger partial charge in [0.1, 0.15) is 12.2 Å². The number of hydrogen-bond acceptors (Lipinski definition) is 14. The second-order valence-electron chi connectivity index (χ2n) is 46.8. The molecule has 16 aliphatic rings. The van der Waals surface area contributed by atoms with E-state index in [4.69, 9.17) is 4.74 Å². The Balaban J connectivity index is 0.000000116. The first-order valence-electron chi connectivity index (χ1n) is 49.8. The fourth-order valence-electron chi connectivity index (χ4n) is 34.2. The van der Waals surface area contributed by atoms with E-state index in [0.717, 1.165) is 203 Å². The minimum Gasteiger partial charge on any atom is -0.462 e. The molecule has 0 bridgehead atoms. The van der Waals surface area contributed by atoms with Crippen LogP contribution in [0.3, 0.4) is 0 Å². The van der Waals surface area contributed by atoms with Gasteiger partial charge in [-0.3, -0.25) is 37.9 Å². The van der Waals surface area contributed by atoms with Crippen molar-refractivity contribution < 1.29 is 49.1 Å². The molecule has 0 saturated heterocycles. The number of carbonyl (C=O) groups excluding carboxylic acids is 5. The third-order valence-corrected chi connectivity index (χ3v) is 39.8. The lowest BCUT2D eigenvalue weighted by Gasteiger charge is -2.57. The number of ether oxygens (including phenoxy) is 1. The monoisotopic (exact) mass is 1680 g/mol. The minimum absolute atomic E-state index is 0.0581. The van der Waals surface area contributed by atoms with Gasteiger partial charge in [0.2, 0.25) is 0 Å². The number of hydrogen-bond donors (Lipinski definition) is 4. The first-order valence-corrected chi connectivity index (χ1v) is 49.8. The van der Waals surface area contributed by atoms with Gasteiger partial charge in [-0.1, -0.05) is 39.8 Å². The van der Waals surface area contributed by atoms with Crippen molar-refractivity contribution in [2.75, 3.05) is 6.61 Å². The fraction of sp³-hybridized carbons (Fsp3) is 0.817. The van der Waals surface area contributed by atoms with Crippen LogP contribution in [0.1, 0.15) is 333 Å². The number of Topliss-reactive ketones (excluding diaryl/α,β-unsaturated/α-hetero) is 4. The maximum atomic E-state index is 13.4. The summed E-state index contributed by atoms with van der Waals surface area (Å²) in [5, 5.41) is 59.9. The summed E-state index contributed by atoms with van der Waals surface area (Å²) in [6.45, 7) is 32.1. The highest BCUT2D eigenvalue weighted by Crippen LogP contribution is 2.70. The number of ketones is 4. The maximum Gasteiger partial charge on any atom is 0.341 e. The van der Waals surface area contributed by atoms with Gasteiger partial charge in [0, 0.05) is 55.2 Å². The molecule has 18 heteroatoms. The molecule has 0 aliphatic heterocycles. The normalized spacial score (nSPS) is 44.8. The molecule has 20 rings (SSSR count). The summed E-state index contributed by atoms with van der Waals surface area (Å²) in [5.41, 5.74) is 3.47. The molecule has 4 aromatic heterocycles. The molecule has 4 aromatic rings. The van der Waals surface area contributed by atoms with Gasteiger partial charge in [-0.25, -0.2) is 4.79 Å². The highest BCUT2D eigenvalue weighted by atomic mass is 16.5. The number of rotatable bonds is 15. The van der Waals surface area contributed by atoms with Crippen molar-refractivity contribution in [3.63, 3.8) is 0 Å². The maximum absolute atomic E-state index is 13.4. The van der Waals surface area contributed by atoms with Crippen LogP contribution < -0.4 is 0 Å². The Labute approximate surface area is 730 Å². The number of fused-ring (bicyclic) bond motifs is 20. The number of carbonyl (C=O) groups is 5. The van der Waals surface area contributed by atoms with Crippen LogP contribution in [0.5, 0.6) is 0 Å². The molecule has 122 heavy (non-hydrogen) atoms. The lowest BCUT2D eigenvalue weighted by molar-refractivity contribution is -0.133. The van der Waals surface area contributed by atoms with E-state index < -0.39 is 22.4 Å². The third kappa shape index (κ3) is 17.0. The van der Waals surface area contributed by atoms with Gasteiger partial charge in [-0.05, 0) is 444 Å². The van der Waals surface area contributed by atoms with E-state index in [-0.39, 0.29) is 64.6 Å². The predicted molar refractivity (Wildman–Crippen MR) is 473 cm³/mol. The van der Waals surface area contributed by atoms with E-state index in [1.165, 1.54) is 160 Å². The highest BCUT2D eigenvalue weighted by Gasteiger charge is 2.64. The molecule has 672 valence electrons. The highest BCUT2D eigenvalue weighted by molar-refractivity contribution is 5.92. The number of nitrogens with zero attached hydrogens (tertiary/aromatic N) is 8. The zero-order valence-electron chi connectivity index (χ0n) is 77.0. The van der Waals surface area contributed by atoms with Gasteiger partial charge < -0.3 is 25.2 Å². The van der Waals surface area contributed by atoms with E-state index in [9.17, 15) is 44.4 Å². The van der Waals surface area contributed by atoms with Gasteiger partial charge in [-0.15, -0.1) is 0 Å². The molecule has 0 aromatic carbocycles. The molecule has 0 radical (unpaired) electrons. The van der Waals surface area contributed by atoms with Crippen LogP contribution in [0.25, 0.3) is 0 Å². The van der Waals surface area contributed by atoms with Crippen molar-refractivity contribution in [2.24, 2.45) is 164 Å². The minimum atomic E-state index is -0.471. The predicted octanol–water partition coefficient (Wildman–Crippen LogP) is 19.9. The summed E-state index contributed by atoms with van der Waals surface area (Å²) >= 11 is 0. The molecule has 0 unspecified atom stereocenters. The lowest BCUT2D eigenvalue weighted by atomic mass is 9.49. The van der Waals surface area contributed by atoms with Crippen molar-refractivity contribution in [2.45, 2.75) is 363 Å². The SMILES string of the molecule is C=C(Cn1ccc(C)n1)[C@H]1CC[C@H]2[C@@H]3CC[C@H]4C[C@](C)(O)CC[C@@H]4[C@H]3CC[C@]12C.CC(=O)c1ccn(CC(=O)[C@H]2CC[C@H]3[C@@H]4CC[C@H]5C[C@](C)(O)CC[C@@H]5[C@H]4CC[C@]23C)n1.CCOC(=O)c1cnn(CC(=O)[C@H]2CC[C@H]3[C@@H]4CC[C@H]5C[C@](C)(O)CC[C@@H]5[C@H]4CC[C@]23C)c1.Cc1ccnn1CC(=O)[C@H]1CC[C@H]2[C@@H]3CC[C@H]4C[C@](C)(O)CC[C@@H]4[C@H]3CC[C@]12C. The van der Waals surface area contributed by atoms with E-state index in [2.05, 4.69) is 85.5 Å². The number of aromatic nitrogens is 8.